The van der Waals surface area contributed by atoms with Gasteiger partial charge in [0.2, 0.25) is 5.91 Å². The Kier molecular flexibility index (Phi) is 6.49. The number of amides is 1. The zero-order chi connectivity index (χ0) is 22.5. The maximum atomic E-state index is 14.0. The summed E-state index contributed by atoms with van der Waals surface area (Å²) in [5, 5.41) is 3.95. The van der Waals surface area contributed by atoms with Gasteiger partial charge in [0.05, 0.1) is 12.6 Å². The van der Waals surface area contributed by atoms with Gasteiger partial charge in [-0.1, -0.05) is 24.8 Å². The van der Waals surface area contributed by atoms with E-state index in [1.165, 1.54) is 18.5 Å². The Labute approximate surface area is 185 Å². The second kappa shape index (κ2) is 9.64. The Balaban J connectivity index is 1.55. The molecule has 0 saturated carbocycles. The third-order valence-electron chi connectivity index (χ3n) is 5.55. The van der Waals surface area contributed by atoms with Crippen molar-refractivity contribution in [2.75, 3.05) is 25.5 Å². The van der Waals surface area contributed by atoms with E-state index in [4.69, 9.17) is 9.47 Å². The van der Waals surface area contributed by atoms with Gasteiger partial charge in [0.15, 0.2) is 11.5 Å². The lowest BCUT2D eigenvalue weighted by Gasteiger charge is -2.31. The van der Waals surface area contributed by atoms with E-state index in [1.54, 1.807) is 36.3 Å². The number of piperidine rings is 1. The maximum absolute atomic E-state index is 14.0. The molecular weight excluding hydrogens is 411 g/mol. The first-order valence-corrected chi connectivity index (χ1v) is 10.5. The number of likely N-dealkylation sites (tertiary alicyclic amines) is 1. The molecule has 1 aliphatic rings. The molecule has 1 fully saturated rings. The zero-order valence-corrected chi connectivity index (χ0v) is 17.9. The van der Waals surface area contributed by atoms with Crippen LogP contribution in [0.5, 0.6) is 11.5 Å². The lowest BCUT2D eigenvalue weighted by molar-refractivity contribution is -0.127. The van der Waals surface area contributed by atoms with Crippen molar-refractivity contribution < 1.29 is 18.7 Å². The van der Waals surface area contributed by atoms with E-state index in [0.29, 0.717) is 54.3 Å². The van der Waals surface area contributed by atoms with E-state index in [0.717, 1.165) is 5.39 Å². The van der Waals surface area contributed by atoms with Gasteiger partial charge in [0, 0.05) is 49.5 Å². The van der Waals surface area contributed by atoms with Crippen LogP contribution in [-0.2, 0) is 11.3 Å². The van der Waals surface area contributed by atoms with Crippen molar-refractivity contribution in [3.63, 3.8) is 0 Å². The van der Waals surface area contributed by atoms with Crippen LogP contribution in [0.15, 0.2) is 55.4 Å². The molecule has 1 saturated heterocycles. The van der Waals surface area contributed by atoms with Crippen molar-refractivity contribution in [2.24, 2.45) is 0 Å². The van der Waals surface area contributed by atoms with E-state index >= 15 is 0 Å². The highest BCUT2D eigenvalue weighted by atomic mass is 19.1. The standard InChI is InChI=1S/C24H25FN4O3/c1-3-23(30)29-10-8-17(9-11-29)32-22-12-18-20(13-21(22)31-2)27-15-28-24(18)26-14-16-6-4-5-7-19(16)25/h3-7,12-13,15,17H,1,8-11,14H2,2H3,(H,26,27,28). The highest BCUT2D eigenvalue weighted by molar-refractivity contribution is 5.91. The SMILES string of the molecule is C=CC(=O)N1CCC(Oc2cc3c(NCc4ccccc4F)ncnc3cc2OC)CC1. The first-order chi connectivity index (χ1) is 15.6. The van der Waals surface area contributed by atoms with Crippen molar-refractivity contribution in [1.29, 1.82) is 0 Å². The fourth-order valence-corrected chi connectivity index (χ4v) is 3.78. The summed E-state index contributed by atoms with van der Waals surface area (Å²) in [6, 6.07) is 10.3. The molecule has 1 amide bonds. The van der Waals surface area contributed by atoms with Crippen molar-refractivity contribution in [3.8, 4) is 11.5 Å². The van der Waals surface area contributed by atoms with Crippen LogP contribution in [0.25, 0.3) is 10.9 Å². The lowest BCUT2D eigenvalue weighted by Crippen LogP contribution is -2.41. The average molecular weight is 436 g/mol. The van der Waals surface area contributed by atoms with E-state index in [2.05, 4.69) is 21.9 Å². The first kappa shape index (κ1) is 21.5. The molecule has 166 valence electrons. The van der Waals surface area contributed by atoms with Gasteiger partial charge in [-0.3, -0.25) is 4.79 Å². The summed E-state index contributed by atoms with van der Waals surface area (Å²) >= 11 is 0. The summed E-state index contributed by atoms with van der Waals surface area (Å²) in [7, 11) is 1.58. The van der Waals surface area contributed by atoms with Crippen LogP contribution in [0.2, 0.25) is 0 Å². The number of halogens is 1. The predicted octanol–water partition coefficient (Wildman–Crippen LogP) is 3.95. The van der Waals surface area contributed by atoms with Gasteiger partial charge in [-0.05, 0) is 18.2 Å². The minimum atomic E-state index is -0.273. The molecule has 1 aliphatic heterocycles. The van der Waals surface area contributed by atoms with E-state index in [-0.39, 0.29) is 24.4 Å². The molecule has 1 N–H and O–H groups in total. The van der Waals surface area contributed by atoms with Crippen molar-refractivity contribution in [2.45, 2.75) is 25.5 Å². The molecule has 1 aromatic heterocycles. The normalized spacial score (nSPS) is 14.2. The summed E-state index contributed by atoms with van der Waals surface area (Å²) in [5.41, 5.74) is 1.23. The number of carbonyl (C=O) groups is 1. The number of nitrogens with zero attached hydrogens (tertiary/aromatic N) is 3. The van der Waals surface area contributed by atoms with E-state index in [9.17, 15) is 9.18 Å². The summed E-state index contributed by atoms with van der Waals surface area (Å²) in [6.45, 7) is 5.06. The van der Waals surface area contributed by atoms with Crippen LogP contribution in [-0.4, -0.2) is 47.1 Å². The van der Waals surface area contributed by atoms with Gasteiger partial charge in [0.1, 0.15) is 24.1 Å². The molecule has 0 radical (unpaired) electrons. The number of hydrogen-bond acceptors (Lipinski definition) is 6. The van der Waals surface area contributed by atoms with Gasteiger partial charge in [-0.2, -0.15) is 0 Å². The zero-order valence-electron chi connectivity index (χ0n) is 17.9. The van der Waals surface area contributed by atoms with Crippen molar-refractivity contribution in [1.82, 2.24) is 14.9 Å². The summed E-state index contributed by atoms with van der Waals surface area (Å²) in [6.07, 6.45) is 4.17. The second-order valence-corrected chi connectivity index (χ2v) is 7.53. The molecule has 32 heavy (non-hydrogen) atoms. The molecule has 3 aromatic rings. The van der Waals surface area contributed by atoms with E-state index < -0.39 is 0 Å². The summed E-state index contributed by atoms with van der Waals surface area (Å²) in [4.78, 5) is 22.2. The Morgan fingerprint density at radius 3 is 2.75 bits per heavy atom. The second-order valence-electron chi connectivity index (χ2n) is 7.53. The number of benzene rings is 2. The fraction of sp³-hybridized carbons (Fsp3) is 0.292. The van der Waals surface area contributed by atoms with Crippen LogP contribution in [0.1, 0.15) is 18.4 Å². The average Bonchev–Trinajstić information content (AvgIpc) is 2.83. The minimum absolute atomic E-state index is 0.0466. The van der Waals surface area contributed by atoms with Crippen molar-refractivity contribution in [3.05, 3.63) is 66.8 Å². The molecule has 0 spiro atoms. The predicted molar refractivity (Wildman–Crippen MR) is 120 cm³/mol. The van der Waals surface area contributed by atoms with Crippen LogP contribution < -0.4 is 14.8 Å². The molecule has 2 heterocycles. The third kappa shape index (κ3) is 4.64. The lowest BCUT2D eigenvalue weighted by atomic mass is 10.1. The Bertz CT molecular complexity index is 1130. The monoisotopic (exact) mass is 436 g/mol. The number of anilines is 1. The molecular formula is C24H25FN4O3. The van der Waals surface area contributed by atoms with Gasteiger partial charge < -0.3 is 19.7 Å². The maximum Gasteiger partial charge on any atom is 0.245 e. The largest absolute Gasteiger partial charge is 0.493 e. The van der Waals surface area contributed by atoms with Crippen LogP contribution in [0.3, 0.4) is 0 Å². The molecule has 0 aliphatic carbocycles. The smallest absolute Gasteiger partial charge is 0.245 e. The van der Waals surface area contributed by atoms with E-state index in [1.807, 2.05) is 6.07 Å². The number of nitrogens with one attached hydrogen (secondary N) is 1. The highest BCUT2D eigenvalue weighted by Gasteiger charge is 2.24. The number of rotatable bonds is 7. The Hall–Kier alpha value is -3.68. The topological polar surface area (TPSA) is 76.6 Å². The number of fused-ring (bicyclic) bond motifs is 1. The third-order valence-corrected chi connectivity index (χ3v) is 5.55. The van der Waals surface area contributed by atoms with Gasteiger partial charge >= 0.3 is 0 Å². The molecule has 4 rings (SSSR count). The minimum Gasteiger partial charge on any atom is -0.493 e. The van der Waals surface area contributed by atoms with Gasteiger partial charge in [-0.15, -0.1) is 0 Å². The summed E-state index contributed by atoms with van der Waals surface area (Å²) in [5.74, 6) is 1.40. The highest BCUT2D eigenvalue weighted by Crippen LogP contribution is 2.35. The quantitative estimate of drug-likeness (QED) is 0.566. The number of methoxy groups -OCH3 is 1. The van der Waals surface area contributed by atoms with Crippen LogP contribution in [0.4, 0.5) is 10.2 Å². The molecule has 2 aromatic carbocycles. The molecule has 0 unspecified atom stereocenters. The van der Waals surface area contributed by atoms with Crippen LogP contribution in [0, 0.1) is 5.82 Å². The van der Waals surface area contributed by atoms with Gasteiger partial charge in [-0.25, -0.2) is 14.4 Å². The summed E-state index contributed by atoms with van der Waals surface area (Å²) < 4.78 is 25.8. The van der Waals surface area contributed by atoms with Crippen LogP contribution >= 0.6 is 0 Å². The number of hydrogen-bond donors (Lipinski definition) is 1. The molecule has 8 heteroatoms. The van der Waals surface area contributed by atoms with Crippen molar-refractivity contribution >= 4 is 22.6 Å². The molecule has 0 bridgehead atoms. The Morgan fingerprint density at radius 2 is 2.03 bits per heavy atom. The molecule has 7 nitrogen and oxygen atoms in total. The fourth-order valence-electron chi connectivity index (χ4n) is 3.78. The number of carbonyl (C=O) groups excluding carboxylic acids is 1. The molecule has 0 atom stereocenters. The van der Waals surface area contributed by atoms with Gasteiger partial charge in [0.25, 0.3) is 0 Å². The number of ether oxygens (including phenoxy) is 2. The Morgan fingerprint density at radius 1 is 1.25 bits per heavy atom. The number of aromatic nitrogens is 2. The first-order valence-electron chi connectivity index (χ1n) is 10.5.